The fraction of sp³-hybridized carbons (Fsp3) is 0.217. The number of fused-ring (bicyclic) bond motifs is 2. The van der Waals surface area contributed by atoms with E-state index >= 15 is 0 Å². The van der Waals surface area contributed by atoms with Crippen LogP contribution >= 0.6 is 11.8 Å². The topological polar surface area (TPSA) is 98.6 Å². The molecule has 0 saturated heterocycles. The number of thioether (sulfide) groups is 1. The molecular formula is C23H21N5O4S. The minimum Gasteiger partial charge on any atom is -0.485 e. The number of carbonyl (C=O) groups excluding carboxylic acids is 2. The maximum absolute atomic E-state index is 13.0. The SMILES string of the molecule is C=CCn1c(SCC(=O)N2CC(=O)Nc3ccccc32)nnc1[C@@H]1COc2ccccc2O1. The molecule has 1 N–H and O–H groups in total. The van der Waals surface area contributed by atoms with Crippen molar-refractivity contribution >= 4 is 35.0 Å². The fourth-order valence-corrected chi connectivity index (χ4v) is 4.58. The van der Waals surface area contributed by atoms with Crippen molar-refractivity contribution < 1.29 is 19.1 Å². The number of ether oxygens (including phenoxy) is 2. The van der Waals surface area contributed by atoms with Gasteiger partial charge >= 0.3 is 0 Å². The summed E-state index contributed by atoms with van der Waals surface area (Å²) < 4.78 is 13.8. The molecule has 0 spiro atoms. The van der Waals surface area contributed by atoms with Gasteiger partial charge in [-0.05, 0) is 24.3 Å². The second kappa shape index (κ2) is 8.99. The molecule has 0 fully saturated rings. The van der Waals surface area contributed by atoms with E-state index in [1.807, 2.05) is 47.0 Å². The average Bonchev–Trinajstić information content (AvgIpc) is 3.24. The van der Waals surface area contributed by atoms with Crippen LogP contribution in [0.2, 0.25) is 0 Å². The molecule has 2 aliphatic heterocycles. The van der Waals surface area contributed by atoms with E-state index in [9.17, 15) is 9.59 Å². The Hall–Kier alpha value is -3.79. The second-order valence-corrected chi connectivity index (χ2v) is 8.38. The molecule has 2 aromatic carbocycles. The zero-order valence-corrected chi connectivity index (χ0v) is 18.5. The van der Waals surface area contributed by atoms with E-state index in [0.717, 1.165) is 0 Å². The highest BCUT2D eigenvalue weighted by atomic mass is 32.2. The standard InChI is InChI=1S/C23H21N5O4S/c1-2-11-27-22(19-13-31-17-9-5-6-10-18(17)32-19)25-26-23(27)33-14-21(30)28-12-20(29)24-15-7-3-4-8-16(15)28/h2-10,19H,1,11-14H2,(H,24,29)/t19-/m0/s1. The molecule has 0 radical (unpaired) electrons. The molecule has 2 amide bonds. The number of anilines is 2. The van der Waals surface area contributed by atoms with Gasteiger partial charge in [0.05, 0.1) is 17.1 Å². The van der Waals surface area contributed by atoms with Crippen LogP contribution in [0.1, 0.15) is 11.9 Å². The molecule has 0 aliphatic carbocycles. The van der Waals surface area contributed by atoms with Crippen LogP contribution in [0.5, 0.6) is 11.5 Å². The molecule has 2 aliphatic rings. The predicted molar refractivity (Wildman–Crippen MR) is 124 cm³/mol. The summed E-state index contributed by atoms with van der Waals surface area (Å²) in [6, 6.07) is 14.7. The lowest BCUT2D eigenvalue weighted by atomic mass is 10.2. The lowest BCUT2D eigenvalue weighted by Crippen LogP contribution is -2.43. The van der Waals surface area contributed by atoms with E-state index in [2.05, 4.69) is 22.1 Å². The van der Waals surface area contributed by atoms with Gasteiger partial charge in [-0.1, -0.05) is 42.1 Å². The van der Waals surface area contributed by atoms with Crippen LogP contribution in [0.4, 0.5) is 11.4 Å². The number of allylic oxidation sites excluding steroid dienone is 1. The molecule has 0 unspecified atom stereocenters. The highest BCUT2D eigenvalue weighted by molar-refractivity contribution is 7.99. The van der Waals surface area contributed by atoms with Crippen LogP contribution in [0.25, 0.3) is 0 Å². The van der Waals surface area contributed by atoms with E-state index < -0.39 is 6.10 Å². The number of amides is 2. The van der Waals surface area contributed by atoms with Gasteiger partial charge in [0.1, 0.15) is 13.2 Å². The Morgan fingerprint density at radius 2 is 1.97 bits per heavy atom. The van der Waals surface area contributed by atoms with Gasteiger partial charge in [0, 0.05) is 6.54 Å². The summed E-state index contributed by atoms with van der Waals surface area (Å²) in [6.45, 7) is 4.56. The van der Waals surface area contributed by atoms with Gasteiger partial charge in [0.25, 0.3) is 0 Å². The highest BCUT2D eigenvalue weighted by Crippen LogP contribution is 2.36. The molecule has 0 bridgehead atoms. The van der Waals surface area contributed by atoms with Gasteiger partial charge in [0.15, 0.2) is 28.6 Å². The summed E-state index contributed by atoms with van der Waals surface area (Å²) in [5, 5.41) is 12.0. The van der Waals surface area contributed by atoms with Gasteiger partial charge in [0.2, 0.25) is 11.8 Å². The van der Waals surface area contributed by atoms with Crippen LogP contribution in [-0.2, 0) is 16.1 Å². The van der Waals surface area contributed by atoms with Crippen molar-refractivity contribution in [1.82, 2.24) is 14.8 Å². The van der Waals surface area contributed by atoms with Gasteiger partial charge in [-0.15, -0.1) is 16.8 Å². The molecule has 10 heteroatoms. The summed E-state index contributed by atoms with van der Waals surface area (Å²) >= 11 is 1.26. The zero-order chi connectivity index (χ0) is 22.8. The first-order valence-electron chi connectivity index (χ1n) is 10.4. The second-order valence-electron chi connectivity index (χ2n) is 7.44. The van der Waals surface area contributed by atoms with Gasteiger partial charge < -0.3 is 19.7 Å². The minimum absolute atomic E-state index is 0.0202. The number of rotatable bonds is 6. The molecular weight excluding hydrogens is 442 g/mol. The molecule has 0 saturated carbocycles. The van der Waals surface area contributed by atoms with Crippen molar-refractivity contribution in [2.75, 3.05) is 29.1 Å². The number of carbonyl (C=O) groups is 2. The van der Waals surface area contributed by atoms with E-state index in [1.165, 1.54) is 16.7 Å². The molecule has 3 heterocycles. The summed E-state index contributed by atoms with van der Waals surface area (Å²) in [7, 11) is 0. The van der Waals surface area contributed by atoms with E-state index in [4.69, 9.17) is 9.47 Å². The molecule has 1 aromatic heterocycles. The molecule has 168 valence electrons. The third kappa shape index (κ3) is 4.17. The van der Waals surface area contributed by atoms with E-state index in [-0.39, 0.29) is 24.1 Å². The Morgan fingerprint density at radius 1 is 1.18 bits per heavy atom. The Kier molecular flexibility index (Phi) is 5.74. The monoisotopic (exact) mass is 463 g/mol. The summed E-state index contributed by atoms with van der Waals surface area (Å²) in [6.07, 6.45) is 1.30. The summed E-state index contributed by atoms with van der Waals surface area (Å²) in [4.78, 5) is 26.5. The number of aromatic nitrogens is 3. The Bertz CT molecular complexity index is 1230. The first-order valence-corrected chi connectivity index (χ1v) is 11.4. The first-order chi connectivity index (χ1) is 16.1. The quantitative estimate of drug-likeness (QED) is 0.443. The number of para-hydroxylation sites is 4. The Labute approximate surface area is 194 Å². The van der Waals surface area contributed by atoms with Crippen molar-refractivity contribution in [2.24, 2.45) is 0 Å². The van der Waals surface area contributed by atoms with Crippen molar-refractivity contribution in [3.8, 4) is 11.5 Å². The van der Waals surface area contributed by atoms with Gasteiger partial charge in [-0.2, -0.15) is 0 Å². The van der Waals surface area contributed by atoms with E-state index in [0.29, 0.717) is 47.0 Å². The number of hydrogen-bond donors (Lipinski definition) is 1. The smallest absolute Gasteiger partial charge is 0.244 e. The first kappa shape index (κ1) is 21.1. The lowest BCUT2D eigenvalue weighted by Gasteiger charge is -2.29. The van der Waals surface area contributed by atoms with Crippen LogP contribution in [0.15, 0.2) is 66.3 Å². The number of hydrogen-bond acceptors (Lipinski definition) is 7. The summed E-state index contributed by atoms with van der Waals surface area (Å²) in [5.74, 6) is 1.62. The molecule has 33 heavy (non-hydrogen) atoms. The molecule has 5 rings (SSSR count). The Morgan fingerprint density at radius 3 is 2.82 bits per heavy atom. The fourth-order valence-electron chi connectivity index (χ4n) is 3.75. The predicted octanol–water partition coefficient (Wildman–Crippen LogP) is 3.05. The van der Waals surface area contributed by atoms with Crippen molar-refractivity contribution in [2.45, 2.75) is 17.8 Å². The number of nitrogens with one attached hydrogen (secondary N) is 1. The summed E-state index contributed by atoms with van der Waals surface area (Å²) in [5.41, 5.74) is 1.31. The van der Waals surface area contributed by atoms with Crippen molar-refractivity contribution in [3.05, 3.63) is 67.0 Å². The van der Waals surface area contributed by atoms with Crippen molar-refractivity contribution in [1.29, 1.82) is 0 Å². The minimum atomic E-state index is -0.435. The highest BCUT2D eigenvalue weighted by Gasteiger charge is 2.30. The number of benzene rings is 2. The third-order valence-corrected chi connectivity index (χ3v) is 6.20. The zero-order valence-electron chi connectivity index (χ0n) is 17.6. The Balaban J connectivity index is 1.33. The maximum Gasteiger partial charge on any atom is 0.244 e. The normalized spacial score (nSPS) is 16.7. The third-order valence-electron chi connectivity index (χ3n) is 5.25. The molecule has 9 nitrogen and oxygen atoms in total. The lowest BCUT2D eigenvalue weighted by molar-refractivity contribution is -0.120. The molecule has 1 atom stereocenters. The van der Waals surface area contributed by atoms with E-state index in [1.54, 1.807) is 12.1 Å². The van der Waals surface area contributed by atoms with Gasteiger partial charge in [-0.25, -0.2) is 0 Å². The van der Waals surface area contributed by atoms with Crippen molar-refractivity contribution in [3.63, 3.8) is 0 Å². The maximum atomic E-state index is 13.0. The van der Waals surface area contributed by atoms with Gasteiger partial charge in [-0.3, -0.25) is 14.2 Å². The molecule has 3 aromatic rings. The largest absolute Gasteiger partial charge is 0.485 e. The van der Waals surface area contributed by atoms with Crippen LogP contribution < -0.4 is 19.7 Å². The van der Waals surface area contributed by atoms with Crippen LogP contribution in [0.3, 0.4) is 0 Å². The van der Waals surface area contributed by atoms with Crippen LogP contribution in [-0.4, -0.2) is 45.5 Å². The average molecular weight is 464 g/mol. The number of nitrogens with zero attached hydrogens (tertiary/aromatic N) is 4. The van der Waals surface area contributed by atoms with Crippen LogP contribution in [0, 0.1) is 0 Å².